The molecule has 1 aliphatic rings. The number of hydrogen-bond donors (Lipinski definition) is 4. The Morgan fingerprint density at radius 3 is 2.59 bits per heavy atom. The molecule has 1 saturated heterocycles. The lowest BCUT2D eigenvalue weighted by atomic mass is 9.92. The van der Waals surface area contributed by atoms with Crippen molar-refractivity contribution >= 4 is 29.3 Å². The van der Waals surface area contributed by atoms with Crippen LogP contribution in [0, 0.1) is 11.7 Å². The molecule has 2 atom stereocenters. The zero-order valence-electron chi connectivity index (χ0n) is 19.2. The van der Waals surface area contributed by atoms with Gasteiger partial charge in [0.1, 0.15) is 11.6 Å². The molecule has 0 radical (unpaired) electrons. The highest BCUT2D eigenvalue weighted by molar-refractivity contribution is 6.33. The van der Waals surface area contributed by atoms with Gasteiger partial charge in [-0.3, -0.25) is 9.69 Å². The number of piperidine rings is 1. The Morgan fingerprint density at radius 1 is 1.29 bits per heavy atom. The van der Waals surface area contributed by atoms with Crippen molar-refractivity contribution in [3.05, 3.63) is 58.4 Å². The molecule has 34 heavy (non-hydrogen) atoms. The number of nitrogens with two attached hydrogens (primary N) is 1. The van der Waals surface area contributed by atoms with Crippen molar-refractivity contribution in [2.45, 2.75) is 31.8 Å². The van der Waals surface area contributed by atoms with Gasteiger partial charge in [-0.05, 0) is 50.9 Å². The average Bonchev–Trinajstić information content (AvgIpc) is 2.82. The Hall–Kier alpha value is -3.04. The molecule has 8 nitrogen and oxygen atoms in total. The molecule has 184 valence electrons. The van der Waals surface area contributed by atoms with E-state index in [2.05, 4.69) is 15.5 Å². The minimum Gasteiger partial charge on any atom is -0.496 e. The molecule has 0 saturated carbocycles. The second kappa shape index (κ2) is 11.4. The molecular weight excluding hydrogens is 463 g/mol. The second-order valence-electron chi connectivity index (χ2n) is 8.45. The second-order valence-corrected chi connectivity index (χ2v) is 8.86. The van der Waals surface area contributed by atoms with Gasteiger partial charge in [0.2, 0.25) is 0 Å². The Morgan fingerprint density at radius 2 is 1.97 bits per heavy atom. The summed E-state index contributed by atoms with van der Waals surface area (Å²) in [5.74, 6) is -0.126. The normalized spacial score (nSPS) is 16.5. The van der Waals surface area contributed by atoms with E-state index in [1.54, 1.807) is 18.2 Å². The third-order valence-corrected chi connectivity index (χ3v) is 6.67. The SMILES string of the molecule is COc1cc(N)c(Cl)cc1C(=O)NCC1CCN(C(C)C(NC(=O)O)c2ccccc2F)CC1. The number of hydrogen-bond acceptors (Lipinski definition) is 5. The van der Waals surface area contributed by atoms with Crippen LogP contribution in [0.3, 0.4) is 0 Å². The van der Waals surface area contributed by atoms with Gasteiger partial charge < -0.3 is 26.2 Å². The van der Waals surface area contributed by atoms with Crippen LogP contribution in [0.25, 0.3) is 0 Å². The quantitative estimate of drug-likeness (QED) is 0.415. The summed E-state index contributed by atoms with van der Waals surface area (Å²) in [5, 5.41) is 15.0. The van der Waals surface area contributed by atoms with Crippen LogP contribution >= 0.6 is 11.6 Å². The maximum absolute atomic E-state index is 14.4. The van der Waals surface area contributed by atoms with E-state index in [-0.39, 0.29) is 22.9 Å². The zero-order chi connectivity index (χ0) is 24.8. The van der Waals surface area contributed by atoms with Crippen molar-refractivity contribution in [1.82, 2.24) is 15.5 Å². The van der Waals surface area contributed by atoms with Crippen molar-refractivity contribution in [1.29, 1.82) is 0 Å². The molecule has 1 heterocycles. The summed E-state index contributed by atoms with van der Waals surface area (Å²) in [6.45, 7) is 3.78. The van der Waals surface area contributed by atoms with Crippen LogP contribution in [0.5, 0.6) is 5.75 Å². The summed E-state index contributed by atoms with van der Waals surface area (Å²) < 4.78 is 19.6. The Labute approximate surface area is 203 Å². The van der Waals surface area contributed by atoms with Gasteiger partial charge in [0, 0.05) is 24.2 Å². The summed E-state index contributed by atoms with van der Waals surface area (Å²) in [6.07, 6.45) is 0.415. The molecule has 0 bridgehead atoms. The number of halogens is 2. The van der Waals surface area contributed by atoms with E-state index in [0.717, 1.165) is 12.8 Å². The molecule has 0 spiro atoms. The molecule has 1 aliphatic heterocycles. The molecule has 10 heteroatoms. The molecular formula is C24H30ClFN4O4. The number of nitrogens with zero attached hydrogens (tertiary/aromatic N) is 1. The van der Waals surface area contributed by atoms with Crippen LogP contribution in [-0.2, 0) is 0 Å². The average molecular weight is 493 g/mol. The highest BCUT2D eigenvalue weighted by atomic mass is 35.5. The highest BCUT2D eigenvalue weighted by Crippen LogP contribution is 2.30. The summed E-state index contributed by atoms with van der Waals surface area (Å²) in [5.41, 5.74) is 6.76. The number of likely N-dealkylation sites (tertiary alicyclic amines) is 1. The number of amides is 2. The van der Waals surface area contributed by atoms with E-state index in [1.165, 1.54) is 25.3 Å². The number of rotatable bonds is 8. The van der Waals surface area contributed by atoms with Gasteiger partial charge in [-0.2, -0.15) is 0 Å². The number of nitrogen functional groups attached to an aromatic ring is 1. The lowest BCUT2D eigenvalue weighted by molar-refractivity contribution is 0.0908. The molecule has 0 aliphatic carbocycles. The van der Waals surface area contributed by atoms with E-state index < -0.39 is 18.0 Å². The number of anilines is 1. The minimum atomic E-state index is -1.20. The predicted molar refractivity (Wildman–Crippen MR) is 129 cm³/mol. The van der Waals surface area contributed by atoms with E-state index >= 15 is 0 Å². The van der Waals surface area contributed by atoms with Crippen LogP contribution in [0.15, 0.2) is 36.4 Å². The van der Waals surface area contributed by atoms with E-state index in [4.69, 9.17) is 22.1 Å². The molecule has 5 N–H and O–H groups in total. The number of benzene rings is 2. The van der Waals surface area contributed by atoms with Crippen LogP contribution in [0.4, 0.5) is 14.9 Å². The lowest BCUT2D eigenvalue weighted by Gasteiger charge is -2.39. The number of carbonyl (C=O) groups is 2. The maximum atomic E-state index is 14.4. The van der Waals surface area contributed by atoms with Crippen molar-refractivity contribution in [3.8, 4) is 5.75 Å². The number of nitrogens with one attached hydrogen (secondary N) is 2. The summed E-state index contributed by atoms with van der Waals surface area (Å²) in [4.78, 5) is 26.2. The fourth-order valence-electron chi connectivity index (χ4n) is 4.34. The molecule has 2 aromatic carbocycles. The third kappa shape index (κ3) is 6.09. The Balaban J connectivity index is 1.58. The van der Waals surface area contributed by atoms with Crippen molar-refractivity contribution < 1.29 is 23.8 Å². The highest BCUT2D eigenvalue weighted by Gasteiger charge is 2.31. The number of carboxylic acid groups (broad SMARTS) is 1. The fraction of sp³-hybridized carbons (Fsp3) is 0.417. The number of methoxy groups -OCH3 is 1. The molecule has 2 aromatic rings. The van der Waals surface area contributed by atoms with Crippen LogP contribution in [0.1, 0.15) is 41.7 Å². The zero-order valence-corrected chi connectivity index (χ0v) is 19.9. The largest absolute Gasteiger partial charge is 0.496 e. The van der Waals surface area contributed by atoms with Gasteiger partial charge in [-0.1, -0.05) is 29.8 Å². The number of ether oxygens (including phenoxy) is 1. The first-order valence-corrected chi connectivity index (χ1v) is 11.5. The van der Waals surface area contributed by atoms with Gasteiger partial charge in [-0.25, -0.2) is 9.18 Å². The molecule has 2 amide bonds. The van der Waals surface area contributed by atoms with E-state index in [9.17, 15) is 19.1 Å². The van der Waals surface area contributed by atoms with Gasteiger partial charge in [0.15, 0.2) is 0 Å². The van der Waals surface area contributed by atoms with Gasteiger partial charge in [-0.15, -0.1) is 0 Å². The van der Waals surface area contributed by atoms with E-state index in [1.807, 2.05) is 6.92 Å². The first kappa shape index (κ1) is 25.6. The standard InChI is InChI=1S/C24H30ClFN4O4/c1-14(22(29-24(32)33)16-5-3-4-6-19(16)26)30-9-7-15(8-10-30)13-28-23(31)17-11-18(25)20(27)12-21(17)34-2/h3-6,11-12,14-15,22,29H,7-10,13,27H2,1-2H3,(H,28,31)(H,32,33). The van der Waals surface area contributed by atoms with Crippen LogP contribution < -0.4 is 21.1 Å². The maximum Gasteiger partial charge on any atom is 0.405 e. The fourth-order valence-corrected chi connectivity index (χ4v) is 4.51. The van der Waals surface area contributed by atoms with E-state index in [0.29, 0.717) is 42.2 Å². The predicted octanol–water partition coefficient (Wildman–Crippen LogP) is 3.91. The summed E-state index contributed by atoms with van der Waals surface area (Å²) >= 11 is 6.06. The van der Waals surface area contributed by atoms with Crippen molar-refractivity contribution in [2.75, 3.05) is 32.5 Å². The van der Waals surface area contributed by atoms with Gasteiger partial charge >= 0.3 is 6.09 Å². The van der Waals surface area contributed by atoms with Crippen molar-refractivity contribution in [2.24, 2.45) is 5.92 Å². The summed E-state index contributed by atoms with van der Waals surface area (Å²) in [6, 6.07) is 8.28. The Bertz CT molecular complexity index is 1030. The Kier molecular flexibility index (Phi) is 8.57. The molecule has 1 fully saturated rings. The number of carbonyl (C=O) groups excluding carboxylic acids is 1. The first-order chi connectivity index (χ1) is 16.2. The monoisotopic (exact) mass is 492 g/mol. The minimum absolute atomic E-state index is 0.246. The molecule has 3 rings (SSSR count). The van der Waals surface area contributed by atoms with Gasteiger partial charge in [0.25, 0.3) is 5.91 Å². The first-order valence-electron chi connectivity index (χ1n) is 11.1. The molecule has 0 aromatic heterocycles. The third-order valence-electron chi connectivity index (χ3n) is 6.34. The summed E-state index contributed by atoms with van der Waals surface area (Å²) in [7, 11) is 1.46. The molecule has 2 unspecified atom stereocenters. The van der Waals surface area contributed by atoms with Crippen LogP contribution in [0.2, 0.25) is 5.02 Å². The lowest BCUT2D eigenvalue weighted by Crippen LogP contribution is -2.48. The van der Waals surface area contributed by atoms with Crippen molar-refractivity contribution in [3.63, 3.8) is 0 Å². The topological polar surface area (TPSA) is 117 Å². The smallest absolute Gasteiger partial charge is 0.405 e. The van der Waals surface area contributed by atoms with Crippen LogP contribution in [-0.4, -0.2) is 54.8 Å². The van der Waals surface area contributed by atoms with Gasteiger partial charge in [0.05, 0.1) is 29.4 Å².